The Morgan fingerprint density at radius 3 is 2.46 bits per heavy atom. The van der Waals surface area contributed by atoms with Crippen LogP contribution in [0.3, 0.4) is 0 Å². The maximum absolute atomic E-state index is 11.5. The minimum absolute atomic E-state index is 0.0319. The highest BCUT2D eigenvalue weighted by molar-refractivity contribution is 6.03. The number of nitrogens with zero attached hydrogens (tertiary/aromatic N) is 1. The zero-order valence-electron chi connectivity index (χ0n) is 7.95. The zero-order valence-corrected chi connectivity index (χ0v) is 7.95. The molecule has 72 valence electrons. The maximum Gasteiger partial charge on any atom is 0.232 e. The van der Waals surface area contributed by atoms with Crippen molar-refractivity contribution in [3.05, 3.63) is 0 Å². The van der Waals surface area contributed by atoms with Crippen LogP contribution < -0.4 is 0 Å². The van der Waals surface area contributed by atoms with E-state index >= 15 is 0 Å². The lowest BCUT2D eigenvalue weighted by molar-refractivity contribution is -0.140. The van der Waals surface area contributed by atoms with E-state index < -0.39 is 0 Å². The van der Waals surface area contributed by atoms with Gasteiger partial charge in [-0.15, -0.1) is 0 Å². The summed E-state index contributed by atoms with van der Waals surface area (Å²) in [6.07, 6.45) is 4.05. The largest absolute Gasteiger partial charge is 0.282 e. The predicted octanol–water partition coefficient (Wildman–Crippen LogP) is 1.18. The molecule has 2 rings (SSSR count). The Balaban J connectivity index is 1.96. The van der Waals surface area contributed by atoms with Gasteiger partial charge in [-0.1, -0.05) is 13.3 Å². The first kappa shape index (κ1) is 8.73. The fourth-order valence-corrected chi connectivity index (χ4v) is 1.97. The molecule has 3 nitrogen and oxygen atoms in total. The summed E-state index contributed by atoms with van der Waals surface area (Å²) >= 11 is 0. The van der Waals surface area contributed by atoms with Crippen LogP contribution in [-0.2, 0) is 9.59 Å². The van der Waals surface area contributed by atoms with Crippen molar-refractivity contribution in [2.75, 3.05) is 6.54 Å². The minimum Gasteiger partial charge on any atom is -0.282 e. The summed E-state index contributed by atoms with van der Waals surface area (Å²) < 4.78 is 0. The van der Waals surface area contributed by atoms with Crippen LogP contribution in [-0.4, -0.2) is 23.3 Å². The summed E-state index contributed by atoms with van der Waals surface area (Å²) in [5.74, 6) is 0.590. The summed E-state index contributed by atoms with van der Waals surface area (Å²) in [6.45, 7) is 2.52. The first-order chi connectivity index (χ1) is 6.18. The molecular formula is C10H15NO2. The van der Waals surface area contributed by atoms with E-state index in [-0.39, 0.29) is 17.7 Å². The molecule has 0 N–H and O–H groups in total. The van der Waals surface area contributed by atoms with Crippen LogP contribution in [0.2, 0.25) is 0 Å². The van der Waals surface area contributed by atoms with Crippen LogP contribution in [0, 0.1) is 11.8 Å². The van der Waals surface area contributed by atoms with Crippen molar-refractivity contribution in [3.63, 3.8) is 0 Å². The number of carbonyl (C=O) groups is 2. The Morgan fingerprint density at radius 2 is 2.08 bits per heavy atom. The fourth-order valence-electron chi connectivity index (χ4n) is 1.97. The molecule has 0 aromatic carbocycles. The van der Waals surface area contributed by atoms with Crippen molar-refractivity contribution in [2.45, 2.75) is 32.6 Å². The number of hydrogen-bond donors (Lipinski definition) is 0. The zero-order chi connectivity index (χ0) is 9.42. The van der Waals surface area contributed by atoms with E-state index in [1.165, 1.54) is 24.2 Å². The van der Waals surface area contributed by atoms with Gasteiger partial charge in [0.15, 0.2) is 0 Å². The van der Waals surface area contributed by atoms with E-state index in [1.807, 2.05) is 6.92 Å². The summed E-state index contributed by atoms with van der Waals surface area (Å²) in [7, 11) is 0. The van der Waals surface area contributed by atoms with Crippen LogP contribution in [0.15, 0.2) is 0 Å². The quantitative estimate of drug-likeness (QED) is 0.600. The molecule has 0 aromatic rings. The third kappa shape index (κ3) is 1.47. The number of carbonyl (C=O) groups excluding carboxylic acids is 2. The Labute approximate surface area is 78.1 Å². The van der Waals surface area contributed by atoms with Gasteiger partial charge in [-0.2, -0.15) is 0 Å². The average molecular weight is 181 g/mol. The molecule has 2 amide bonds. The molecule has 1 saturated heterocycles. The molecule has 0 spiro atoms. The van der Waals surface area contributed by atoms with E-state index in [0.29, 0.717) is 18.9 Å². The monoisotopic (exact) mass is 181 g/mol. The Hall–Kier alpha value is -0.860. The molecule has 1 heterocycles. The van der Waals surface area contributed by atoms with Crippen LogP contribution >= 0.6 is 0 Å². The van der Waals surface area contributed by atoms with Gasteiger partial charge in [-0.05, 0) is 18.8 Å². The number of hydrogen-bond acceptors (Lipinski definition) is 2. The van der Waals surface area contributed by atoms with Crippen LogP contribution in [0.25, 0.3) is 0 Å². The molecule has 0 aromatic heterocycles. The summed E-state index contributed by atoms with van der Waals surface area (Å²) in [4.78, 5) is 24.3. The van der Waals surface area contributed by atoms with Gasteiger partial charge in [-0.25, -0.2) is 0 Å². The first-order valence-corrected chi connectivity index (χ1v) is 5.02. The fraction of sp³-hybridized carbons (Fsp3) is 0.800. The minimum atomic E-state index is -0.0763. The second-order valence-corrected chi connectivity index (χ2v) is 4.24. The van der Waals surface area contributed by atoms with Crippen molar-refractivity contribution >= 4 is 11.8 Å². The van der Waals surface area contributed by atoms with Gasteiger partial charge in [0.25, 0.3) is 0 Å². The second kappa shape index (κ2) is 3.13. The number of imide groups is 1. The molecule has 2 aliphatic rings. The molecule has 3 heteroatoms. The molecule has 2 fully saturated rings. The van der Waals surface area contributed by atoms with Gasteiger partial charge in [0, 0.05) is 18.9 Å². The number of rotatable bonds is 2. The molecule has 0 bridgehead atoms. The maximum atomic E-state index is 11.5. The Kier molecular flexibility index (Phi) is 2.10. The van der Waals surface area contributed by atoms with Crippen LogP contribution in [0.4, 0.5) is 0 Å². The van der Waals surface area contributed by atoms with Gasteiger partial charge in [0.2, 0.25) is 11.8 Å². The standard InChI is InChI=1S/C10H15NO2/c1-7-5-9(12)11(10(7)13)6-8-3-2-4-8/h7-8H,2-6H2,1H3. The van der Waals surface area contributed by atoms with Gasteiger partial charge in [0.1, 0.15) is 0 Å². The summed E-state index contributed by atoms with van der Waals surface area (Å²) in [5, 5.41) is 0. The van der Waals surface area contributed by atoms with Gasteiger partial charge < -0.3 is 0 Å². The third-order valence-electron chi connectivity index (χ3n) is 3.13. The smallest absolute Gasteiger partial charge is 0.232 e. The number of likely N-dealkylation sites (tertiary alicyclic amines) is 1. The van der Waals surface area contributed by atoms with E-state index in [2.05, 4.69) is 0 Å². The lowest BCUT2D eigenvalue weighted by Gasteiger charge is -2.29. The van der Waals surface area contributed by atoms with E-state index in [9.17, 15) is 9.59 Å². The van der Waals surface area contributed by atoms with E-state index in [0.717, 1.165) is 0 Å². The molecule has 13 heavy (non-hydrogen) atoms. The van der Waals surface area contributed by atoms with Gasteiger partial charge in [0.05, 0.1) is 0 Å². The van der Waals surface area contributed by atoms with Crippen molar-refractivity contribution in [1.82, 2.24) is 4.90 Å². The van der Waals surface area contributed by atoms with Crippen molar-refractivity contribution in [1.29, 1.82) is 0 Å². The average Bonchev–Trinajstić information content (AvgIpc) is 2.21. The van der Waals surface area contributed by atoms with Crippen molar-refractivity contribution in [3.8, 4) is 0 Å². The van der Waals surface area contributed by atoms with Crippen LogP contribution in [0.5, 0.6) is 0 Å². The topological polar surface area (TPSA) is 37.4 Å². The van der Waals surface area contributed by atoms with E-state index in [4.69, 9.17) is 0 Å². The Bertz CT molecular complexity index is 245. The summed E-state index contributed by atoms with van der Waals surface area (Å²) in [6, 6.07) is 0. The second-order valence-electron chi connectivity index (χ2n) is 4.24. The lowest BCUT2D eigenvalue weighted by Crippen LogP contribution is -2.37. The predicted molar refractivity (Wildman–Crippen MR) is 47.8 cm³/mol. The Morgan fingerprint density at radius 1 is 1.38 bits per heavy atom. The van der Waals surface area contributed by atoms with E-state index in [1.54, 1.807) is 0 Å². The van der Waals surface area contributed by atoms with Crippen molar-refractivity contribution in [2.24, 2.45) is 11.8 Å². The molecule has 1 aliphatic carbocycles. The van der Waals surface area contributed by atoms with Crippen molar-refractivity contribution < 1.29 is 9.59 Å². The normalized spacial score (nSPS) is 29.6. The molecule has 0 radical (unpaired) electrons. The van der Waals surface area contributed by atoms with Gasteiger partial charge >= 0.3 is 0 Å². The first-order valence-electron chi connectivity index (χ1n) is 5.02. The molecule has 1 aliphatic heterocycles. The van der Waals surface area contributed by atoms with Gasteiger partial charge in [-0.3, -0.25) is 14.5 Å². The highest BCUT2D eigenvalue weighted by Gasteiger charge is 2.37. The molecule has 1 atom stereocenters. The summed E-state index contributed by atoms with van der Waals surface area (Å²) in [5.41, 5.74) is 0. The van der Waals surface area contributed by atoms with Crippen LogP contribution in [0.1, 0.15) is 32.6 Å². The SMILES string of the molecule is CC1CC(=O)N(CC2CCC2)C1=O. The third-order valence-corrected chi connectivity index (χ3v) is 3.13. The molecular weight excluding hydrogens is 166 g/mol. The number of amides is 2. The molecule has 1 unspecified atom stereocenters. The lowest BCUT2D eigenvalue weighted by atomic mass is 9.85. The molecule has 1 saturated carbocycles. The highest BCUT2D eigenvalue weighted by atomic mass is 16.2. The highest BCUT2D eigenvalue weighted by Crippen LogP contribution is 2.29.